The maximum absolute atomic E-state index is 14.0. The molecule has 1 heterocycles. The van der Waals surface area contributed by atoms with E-state index in [1.807, 2.05) is 30.3 Å². The number of benzene rings is 4. The number of anilines is 1. The summed E-state index contributed by atoms with van der Waals surface area (Å²) in [6.45, 7) is 0.120. The Kier molecular flexibility index (Phi) is 7.25. The van der Waals surface area contributed by atoms with Crippen LogP contribution < -0.4 is 5.32 Å². The van der Waals surface area contributed by atoms with Crippen molar-refractivity contribution in [3.8, 4) is 11.1 Å². The first kappa shape index (κ1) is 25.9. The highest BCUT2D eigenvalue weighted by atomic mass is 35.5. The molecule has 8 heteroatoms. The summed E-state index contributed by atoms with van der Waals surface area (Å²) in [5.41, 5.74) is 2.72. The van der Waals surface area contributed by atoms with E-state index in [2.05, 4.69) is 5.32 Å². The summed E-state index contributed by atoms with van der Waals surface area (Å²) >= 11 is 6.16. The molecule has 0 fully saturated rings. The lowest BCUT2D eigenvalue weighted by atomic mass is 10.0. The third-order valence-corrected chi connectivity index (χ3v) is 6.40. The van der Waals surface area contributed by atoms with E-state index in [9.17, 15) is 23.5 Å². The van der Waals surface area contributed by atoms with E-state index >= 15 is 0 Å². The SMILES string of the molecule is O=C(/C=C/c1ccccc1)Nc1c(C(=O)O)n(Cc2cccc(Cl)c2)c2cc(-c3cc(F)cc(F)c3)ccc12. The van der Waals surface area contributed by atoms with Gasteiger partial charge in [-0.15, -0.1) is 0 Å². The third-order valence-electron chi connectivity index (χ3n) is 6.17. The van der Waals surface area contributed by atoms with Crippen molar-refractivity contribution in [3.63, 3.8) is 0 Å². The van der Waals surface area contributed by atoms with Crippen LogP contribution in [0.2, 0.25) is 5.02 Å². The molecule has 1 amide bonds. The number of aromatic carboxylic acids is 1. The number of amides is 1. The number of carboxylic acids is 1. The van der Waals surface area contributed by atoms with E-state index < -0.39 is 23.5 Å². The second-order valence-electron chi connectivity index (χ2n) is 8.87. The third kappa shape index (κ3) is 5.73. The second kappa shape index (κ2) is 10.9. The first-order valence-electron chi connectivity index (χ1n) is 11.9. The zero-order chi connectivity index (χ0) is 27.5. The summed E-state index contributed by atoms with van der Waals surface area (Å²) < 4.78 is 29.5. The number of nitrogens with one attached hydrogen (secondary N) is 1. The van der Waals surface area contributed by atoms with Crippen LogP contribution in [0.4, 0.5) is 14.5 Å². The Morgan fingerprint density at radius 3 is 2.31 bits per heavy atom. The number of hydrogen-bond donors (Lipinski definition) is 2. The van der Waals surface area contributed by atoms with Crippen molar-refractivity contribution >= 4 is 46.1 Å². The van der Waals surface area contributed by atoms with Crippen LogP contribution in [0.1, 0.15) is 21.6 Å². The zero-order valence-corrected chi connectivity index (χ0v) is 21.1. The van der Waals surface area contributed by atoms with Crippen molar-refractivity contribution in [1.82, 2.24) is 4.57 Å². The summed E-state index contributed by atoms with van der Waals surface area (Å²) in [4.78, 5) is 25.4. The molecule has 0 atom stereocenters. The zero-order valence-electron chi connectivity index (χ0n) is 20.4. The fraction of sp³-hybridized carbons (Fsp3) is 0.0323. The number of carboxylic acid groups (broad SMARTS) is 1. The smallest absolute Gasteiger partial charge is 0.354 e. The number of fused-ring (bicyclic) bond motifs is 1. The molecule has 5 aromatic rings. The van der Waals surface area contributed by atoms with Gasteiger partial charge in [-0.2, -0.15) is 0 Å². The normalized spacial score (nSPS) is 11.3. The molecular formula is C31H21ClF2N2O3. The number of rotatable bonds is 7. The Labute approximate surface area is 227 Å². The molecule has 0 spiro atoms. The van der Waals surface area contributed by atoms with Crippen LogP contribution in [0.15, 0.2) is 97.1 Å². The average molecular weight is 543 g/mol. The minimum atomic E-state index is -1.26. The first-order chi connectivity index (χ1) is 18.8. The van der Waals surface area contributed by atoms with Crippen LogP contribution >= 0.6 is 11.6 Å². The quantitative estimate of drug-likeness (QED) is 0.208. The van der Waals surface area contributed by atoms with Gasteiger partial charge in [0.2, 0.25) is 5.91 Å². The Balaban J connectivity index is 1.65. The molecular weight excluding hydrogens is 522 g/mol. The summed E-state index contributed by atoms with van der Waals surface area (Å²) in [7, 11) is 0. The van der Waals surface area contributed by atoms with Gasteiger partial charge < -0.3 is 15.0 Å². The van der Waals surface area contributed by atoms with E-state index in [1.54, 1.807) is 53.1 Å². The number of hydrogen-bond acceptors (Lipinski definition) is 2. The number of carbonyl (C=O) groups excluding carboxylic acids is 1. The van der Waals surface area contributed by atoms with Crippen LogP contribution in [-0.4, -0.2) is 21.6 Å². The molecule has 0 aliphatic heterocycles. The van der Waals surface area contributed by atoms with Crippen LogP contribution in [0.25, 0.3) is 28.1 Å². The molecule has 2 N–H and O–H groups in total. The van der Waals surface area contributed by atoms with Crippen LogP contribution in [-0.2, 0) is 11.3 Å². The van der Waals surface area contributed by atoms with Gasteiger partial charge in [0.1, 0.15) is 11.6 Å². The van der Waals surface area contributed by atoms with Gasteiger partial charge in [0.05, 0.1) is 11.2 Å². The molecule has 1 aromatic heterocycles. The van der Waals surface area contributed by atoms with Crippen LogP contribution in [0, 0.1) is 11.6 Å². The molecule has 5 rings (SSSR count). The molecule has 5 nitrogen and oxygen atoms in total. The van der Waals surface area contributed by atoms with E-state index in [-0.39, 0.29) is 23.5 Å². The predicted molar refractivity (Wildman–Crippen MR) is 149 cm³/mol. The van der Waals surface area contributed by atoms with E-state index in [1.165, 1.54) is 18.2 Å². The van der Waals surface area contributed by atoms with Gasteiger partial charge >= 0.3 is 5.97 Å². The Bertz CT molecular complexity index is 1730. The van der Waals surface area contributed by atoms with Gasteiger partial charge in [0.25, 0.3) is 0 Å². The number of aromatic nitrogens is 1. The summed E-state index contributed by atoms with van der Waals surface area (Å²) in [5, 5.41) is 13.9. The molecule has 0 aliphatic carbocycles. The molecule has 0 saturated heterocycles. The highest BCUT2D eigenvalue weighted by Crippen LogP contribution is 2.35. The molecule has 0 aliphatic rings. The lowest BCUT2D eigenvalue weighted by Crippen LogP contribution is -2.15. The van der Waals surface area contributed by atoms with Crippen molar-refractivity contribution in [2.45, 2.75) is 6.54 Å². The minimum absolute atomic E-state index is 0.110. The Morgan fingerprint density at radius 2 is 1.62 bits per heavy atom. The lowest BCUT2D eigenvalue weighted by molar-refractivity contribution is -0.111. The largest absolute Gasteiger partial charge is 0.477 e. The van der Waals surface area contributed by atoms with Gasteiger partial charge in [0, 0.05) is 29.1 Å². The summed E-state index contributed by atoms with van der Waals surface area (Å²) in [6.07, 6.45) is 2.95. The highest BCUT2D eigenvalue weighted by molar-refractivity contribution is 6.30. The maximum atomic E-state index is 14.0. The first-order valence-corrected chi connectivity index (χ1v) is 12.3. The predicted octanol–water partition coefficient (Wildman–Crippen LogP) is 7.64. The molecule has 0 radical (unpaired) electrons. The van der Waals surface area contributed by atoms with Gasteiger partial charge in [0.15, 0.2) is 5.69 Å². The fourth-order valence-electron chi connectivity index (χ4n) is 4.48. The Morgan fingerprint density at radius 1 is 0.872 bits per heavy atom. The fourth-order valence-corrected chi connectivity index (χ4v) is 4.69. The number of nitrogens with zero attached hydrogens (tertiary/aromatic N) is 1. The van der Waals surface area contributed by atoms with E-state index in [0.717, 1.165) is 17.2 Å². The monoisotopic (exact) mass is 542 g/mol. The van der Waals surface area contributed by atoms with E-state index in [4.69, 9.17) is 11.6 Å². The van der Waals surface area contributed by atoms with Crippen molar-refractivity contribution in [1.29, 1.82) is 0 Å². The van der Waals surface area contributed by atoms with Crippen molar-refractivity contribution in [2.24, 2.45) is 0 Å². The Hall–Kier alpha value is -4.75. The van der Waals surface area contributed by atoms with Gasteiger partial charge in [-0.05, 0) is 58.7 Å². The second-order valence-corrected chi connectivity index (χ2v) is 9.30. The standard InChI is InChI=1S/C31H21ClF2N2O3/c32-23-8-4-7-20(13-23)18-36-27-16-21(22-14-24(33)17-25(34)15-22)10-11-26(27)29(30(36)31(38)39)35-28(37)12-9-19-5-2-1-3-6-19/h1-17H,18H2,(H,35,37)(H,38,39)/b12-9+. The molecule has 194 valence electrons. The summed E-state index contributed by atoms with van der Waals surface area (Å²) in [6, 6.07) is 24.3. The number of carbonyl (C=O) groups is 2. The van der Waals surface area contributed by atoms with Crippen LogP contribution in [0.3, 0.4) is 0 Å². The van der Waals surface area contributed by atoms with Gasteiger partial charge in [-0.1, -0.05) is 66.2 Å². The molecule has 0 saturated carbocycles. The summed E-state index contributed by atoms with van der Waals surface area (Å²) in [5.74, 6) is -3.24. The molecule has 39 heavy (non-hydrogen) atoms. The average Bonchev–Trinajstić information content (AvgIpc) is 3.20. The minimum Gasteiger partial charge on any atom is -0.477 e. The molecule has 0 bridgehead atoms. The molecule has 0 unspecified atom stereocenters. The van der Waals surface area contributed by atoms with Crippen LogP contribution in [0.5, 0.6) is 0 Å². The lowest BCUT2D eigenvalue weighted by Gasteiger charge is -2.11. The molecule has 4 aromatic carbocycles. The van der Waals surface area contributed by atoms with E-state index in [0.29, 0.717) is 21.5 Å². The van der Waals surface area contributed by atoms with Crippen molar-refractivity contribution < 1.29 is 23.5 Å². The van der Waals surface area contributed by atoms with Crippen molar-refractivity contribution in [2.75, 3.05) is 5.32 Å². The maximum Gasteiger partial charge on any atom is 0.354 e. The topological polar surface area (TPSA) is 71.3 Å². The highest BCUT2D eigenvalue weighted by Gasteiger charge is 2.24. The number of halogens is 3. The van der Waals surface area contributed by atoms with Gasteiger partial charge in [-0.3, -0.25) is 4.79 Å². The van der Waals surface area contributed by atoms with Gasteiger partial charge in [-0.25, -0.2) is 13.6 Å². The van der Waals surface area contributed by atoms with Crippen molar-refractivity contribution in [3.05, 3.63) is 131 Å².